The highest BCUT2D eigenvalue weighted by Crippen LogP contribution is 2.25. The van der Waals surface area contributed by atoms with Crippen molar-refractivity contribution in [2.45, 2.75) is 26.7 Å². The first-order valence-corrected chi connectivity index (χ1v) is 9.98. The van der Waals surface area contributed by atoms with Crippen molar-refractivity contribution >= 4 is 17.7 Å². The second kappa shape index (κ2) is 9.03. The molecule has 0 N–H and O–H groups in total. The number of rotatable bonds is 5. The monoisotopic (exact) mass is 396 g/mol. The second-order valence-electron chi connectivity index (χ2n) is 7.54. The van der Waals surface area contributed by atoms with Gasteiger partial charge in [0.25, 0.3) is 5.91 Å². The number of hydrogen-bond acceptors (Lipinski definition) is 6. The zero-order valence-corrected chi connectivity index (χ0v) is 17.5. The predicted molar refractivity (Wildman–Crippen MR) is 112 cm³/mol. The second-order valence-corrected chi connectivity index (χ2v) is 7.54. The Kier molecular flexibility index (Phi) is 6.46. The maximum Gasteiger partial charge on any atom is 0.310 e. The maximum absolute atomic E-state index is 13.2. The average Bonchev–Trinajstić information content (AvgIpc) is 2.73. The van der Waals surface area contributed by atoms with E-state index >= 15 is 0 Å². The van der Waals surface area contributed by atoms with Crippen molar-refractivity contribution in [2.24, 2.45) is 5.92 Å². The molecule has 0 saturated carbocycles. The highest BCUT2D eigenvalue weighted by atomic mass is 16.5. The SMILES string of the molecule is CCOC(=O)[C@H]1CCCN(C(=O)c2cnc(-c3cccc(C)c3)nc2N(C)C)C1. The van der Waals surface area contributed by atoms with Crippen molar-refractivity contribution in [2.75, 3.05) is 38.7 Å². The van der Waals surface area contributed by atoms with Gasteiger partial charge in [-0.25, -0.2) is 9.97 Å². The van der Waals surface area contributed by atoms with Crippen LogP contribution < -0.4 is 4.90 Å². The van der Waals surface area contributed by atoms with Crippen LogP contribution in [0.2, 0.25) is 0 Å². The number of anilines is 1. The molecule has 0 unspecified atom stereocenters. The summed E-state index contributed by atoms with van der Waals surface area (Å²) in [6, 6.07) is 7.96. The number of nitrogens with zero attached hydrogens (tertiary/aromatic N) is 4. The topological polar surface area (TPSA) is 75.6 Å². The van der Waals surface area contributed by atoms with Gasteiger partial charge in [-0.2, -0.15) is 0 Å². The van der Waals surface area contributed by atoms with Crippen molar-refractivity contribution in [1.29, 1.82) is 0 Å². The third kappa shape index (κ3) is 4.72. The summed E-state index contributed by atoms with van der Waals surface area (Å²) in [5.41, 5.74) is 2.47. The fourth-order valence-electron chi connectivity index (χ4n) is 3.57. The van der Waals surface area contributed by atoms with Gasteiger partial charge in [0.05, 0.1) is 12.5 Å². The number of carbonyl (C=O) groups excluding carboxylic acids is 2. The van der Waals surface area contributed by atoms with Crippen LogP contribution in [0.15, 0.2) is 30.5 Å². The van der Waals surface area contributed by atoms with Crippen LogP contribution >= 0.6 is 0 Å². The Hall–Kier alpha value is -2.96. The molecule has 29 heavy (non-hydrogen) atoms. The van der Waals surface area contributed by atoms with Gasteiger partial charge in [-0.3, -0.25) is 9.59 Å². The zero-order valence-electron chi connectivity index (χ0n) is 17.5. The summed E-state index contributed by atoms with van der Waals surface area (Å²) in [4.78, 5) is 38.0. The van der Waals surface area contributed by atoms with Gasteiger partial charge in [0.2, 0.25) is 0 Å². The lowest BCUT2D eigenvalue weighted by Crippen LogP contribution is -2.43. The molecule has 1 atom stereocenters. The van der Waals surface area contributed by atoms with E-state index < -0.39 is 0 Å². The lowest BCUT2D eigenvalue weighted by Gasteiger charge is -2.32. The molecule has 1 saturated heterocycles. The molecule has 0 spiro atoms. The fourth-order valence-corrected chi connectivity index (χ4v) is 3.57. The molecule has 0 aliphatic carbocycles. The van der Waals surface area contributed by atoms with E-state index in [9.17, 15) is 9.59 Å². The Balaban J connectivity index is 1.87. The Morgan fingerprint density at radius 1 is 1.31 bits per heavy atom. The van der Waals surface area contributed by atoms with Crippen LogP contribution in [0, 0.1) is 12.8 Å². The normalized spacial score (nSPS) is 16.4. The van der Waals surface area contributed by atoms with E-state index in [1.807, 2.05) is 50.2 Å². The molecule has 0 bridgehead atoms. The molecule has 1 aromatic carbocycles. The molecule has 1 amide bonds. The molecule has 0 radical (unpaired) electrons. The fraction of sp³-hybridized carbons (Fsp3) is 0.455. The summed E-state index contributed by atoms with van der Waals surface area (Å²) in [7, 11) is 3.72. The molecule has 1 aromatic heterocycles. The van der Waals surface area contributed by atoms with E-state index in [0.29, 0.717) is 36.9 Å². The lowest BCUT2D eigenvalue weighted by molar-refractivity contribution is -0.149. The first-order valence-electron chi connectivity index (χ1n) is 9.98. The third-order valence-electron chi connectivity index (χ3n) is 5.03. The standard InChI is InChI=1S/C22H28N4O3/c1-5-29-22(28)17-10-7-11-26(14-17)21(27)18-13-23-19(24-20(18)25(3)4)16-9-6-8-15(2)12-16/h6,8-9,12-13,17H,5,7,10-11,14H2,1-4H3/t17-/m0/s1. The summed E-state index contributed by atoms with van der Waals surface area (Å²) in [6.07, 6.45) is 3.11. The van der Waals surface area contributed by atoms with Gasteiger partial charge in [-0.1, -0.05) is 23.8 Å². The number of piperidine rings is 1. The van der Waals surface area contributed by atoms with Crippen molar-refractivity contribution < 1.29 is 14.3 Å². The molecular weight excluding hydrogens is 368 g/mol. The number of ether oxygens (including phenoxy) is 1. The summed E-state index contributed by atoms with van der Waals surface area (Å²) >= 11 is 0. The van der Waals surface area contributed by atoms with Gasteiger partial charge in [0.1, 0.15) is 11.4 Å². The molecule has 154 valence electrons. The largest absolute Gasteiger partial charge is 0.466 e. The van der Waals surface area contributed by atoms with Crippen molar-refractivity contribution in [3.8, 4) is 11.4 Å². The molecular formula is C22H28N4O3. The molecule has 1 fully saturated rings. The number of aromatic nitrogens is 2. The Labute approximate surface area is 171 Å². The van der Waals surface area contributed by atoms with E-state index in [1.54, 1.807) is 18.0 Å². The minimum atomic E-state index is -0.275. The van der Waals surface area contributed by atoms with Crippen LogP contribution in [0.5, 0.6) is 0 Å². The van der Waals surface area contributed by atoms with Crippen LogP contribution in [-0.2, 0) is 9.53 Å². The van der Waals surface area contributed by atoms with Crippen LogP contribution in [-0.4, -0.2) is 60.5 Å². The van der Waals surface area contributed by atoms with Crippen molar-refractivity contribution in [1.82, 2.24) is 14.9 Å². The summed E-state index contributed by atoms with van der Waals surface area (Å²) in [5, 5.41) is 0. The number of hydrogen-bond donors (Lipinski definition) is 0. The van der Waals surface area contributed by atoms with Crippen LogP contribution in [0.3, 0.4) is 0 Å². The summed E-state index contributed by atoms with van der Waals surface area (Å²) < 4.78 is 5.14. The number of esters is 1. The minimum Gasteiger partial charge on any atom is -0.466 e. The first-order chi connectivity index (χ1) is 13.9. The van der Waals surface area contributed by atoms with Gasteiger partial charge in [-0.05, 0) is 32.8 Å². The van der Waals surface area contributed by atoms with Crippen LogP contribution in [0.25, 0.3) is 11.4 Å². The Bertz CT molecular complexity index is 897. The first kappa shape index (κ1) is 20.8. The number of carbonyl (C=O) groups is 2. The third-order valence-corrected chi connectivity index (χ3v) is 5.03. The summed E-state index contributed by atoms with van der Waals surface area (Å²) in [6.45, 7) is 5.14. The molecule has 2 heterocycles. The van der Waals surface area contributed by atoms with E-state index in [0.717, 1.165) is 24.0 Å². The van der Waals surface area contributed by atoms with Gasteiger partial charge < -0.3 is 14.5 Å². The van der Waals surface area contributed by atoms with Gasteiger partial charge in [-0.15, -0.1) is 0 Å². The smallest absolute Gasteiger partial charge is 0.310 e. The molecule has 2 aromatic rings. The van der Waals surface area contributed by atoms with Gasteiger partial charge in [0, 0.05) is 38.9 Å². The van der Waals surface area contributed by atoms with E-state index in [4.69, 9.17) is 4.74 Å². The lowest BCUT2D eigenvalue weighted by atomic mass is 9.97. The molecule has 7 heteroatoms. The highest BCUT2D eigenvalue weighted by Gasteiger charge is 2.31. The quantitative estimate of drug-likeness (QED) is 0.724. The van der Waals surface area contributed by atoms with Gasteiger partial charge in [0.15, 0.2) is 5.82 Å². The molecule has 3 rings (SSSR count). The van der Waals surface area contributed by atoms with E-state index in [2.05, 4.69) is 9.97 Å². The number of likely N-dealkylation sites (tertiary alicyclic amines) is 1. The van der Waals surface area contributed by atoms with Gasteiger partial charge >= 0.3 is 5.97 Å². The zero-order chi connectivity index (χ0) is 21.0. The maximum atomic E-state index is 13.2. The van der Waals surface area contributed by atoms with Crippen LogP contribution in [0.1, 0.15) is 35.7 Å². The van der Waals surface area contributed by atoms with Crippen LogP contribution in [0.4, 0.5) is 5.82 Å². The molecule has 7 nitrogen and oxygen atoms in total. The summed E-state index contributed by atoms with van der Waals surface area (Å²) in [5.74, 6) is 0.488. The number of benzene rings is 1. The Morgan fingerprint density at radius 3 is 2.79 bits per heavy atom. The Morgan fingerprint density at radius 2 is 2.10 bits per heavy atom. The van der Waals surface area contributed by atoms with E-state index in [-0.39, 0.29) is 17.8 Å². The minimum absolute atomic E-state index is 0.154. The number of amides is 1. The van der Waals surface area contributed by atoms with Crippen molar-refractivity contribution in [3.63, 3.8) is 0 Å². The predicted octanol–water partition coefficient (Wildman–Crippen LogP) is 2.93. The average molecular weight is 396 g/mol. The molecule has 1 aliphatic rings. The highest BCUT2D eigenvalue weighted by molar-refractivity contribution is 5.99. The molecule has 1 aliphatic heterocycles. The van der Waals surface area contributed by atoms with Crippen molar-refractivity contribution in [3.05, 3.63) is 41.6 Å². The number of aryl methyl sites for hydroxylation is 1. The van der Waals surface area contributed by atoms with E-state index in [1.165, 1.54) is 0 Å².